The summed E-state index contributed by atoms with van der Waals surface area (Å²) in [6.45, 7) is 5.88. The molecule has 120 valence electrons. The molecule has 2 bridgehead atoms. The van der Waals surface area contributed by atoms with Gasteiger partial charge in [-0.25, -0.2) is 8.78 Å². The third-order valence-corrected chi connectivity index (χ3v) is 5.71. The summed E-state index contributed by atoms with van der Waals surface area (Å²) in [5.74, 6) is -3.40. The smallest absolute Gasteiger partial charge is 0.254 e. The number of likely N-dealkylation sites (N-methyl/N-ethyl adjacent to an activating group) is 1. The van der Waals surface area contributed by atoms with Gasteiger partial charge in [0.25, 0.3) is 5.92 Å². The van der Waals surface area contributed by atoms with Crippen molar-refractivity contribution in [3.8, 4) is 0 Å². The summed E-state index contributed by atoms with van der Waals surface area (Å²) in [6, 6.07) is 0.655. The van der Waals surface area contributed by atoms with Crippen LogP contribution in [0.25, 0.3) is 0 Å². The molecule has 4 rings (SSSR count). The molecule has 0 N–H and O–H groups in total. The third kappa shape index (κ3) is 2.28. The van der Waals surface area contributed by atoms with Crippen molar-refractivity contribution in [2.24, 2.45) is 17.8 Å². The van der Waals surface area contributed by atoms with Gasteiger partial charge in [0, 0.05) is 42.9 Å². The van der Waals surface area contributed by atoms with E-state index in [1.165, 1.54) is 0 Å². The van der Waals surface area contributed by atoms with Crippen LogP contribution in [-0.4, -0.2) is 53.9 Å². The molecule has 5 heteroatoms. The maximum atomic E-state index is 13.2. The Labute approximate surface area is 125 Å². The average Bonchev–Trinajstić information content (AvgIpc) is 2.84. The highest BCUT2D eigenvalue weighted by Crippen LogP contribution is 2.66. The normalized spacial score (nSPS) is 43.1. The molecule has 1 amide bonds. The highest BCUT2D eigenvalue weighted by molar-refractivity contribution is 5.80. The average molecular weight is 300 g/mol. The van der Waals surface area contributed by atoms with Crippen LogP contribution in [0.5, 0.6) is 0 Å². The van der Waals surface area contributed by atoms with Crippen LogP contribution in [-0.2, 0) is 4.79 Å². The minimum Gasteiger partial charge on any atom is -0.334 e. The number of halogens is 2. The molecule has 2 aliphatic heterocycles. The molecule has 4 aliphatic rings. The molecule has 2 saturated heterocycles. The number of fused-ring (bicyclic) bond motifs is 3. The minimum atomic E-state index is -2.46. The molecule has 0 aromatic rings. The Morgan fingerprint density at radius 1 is 1.05 bits per heavy atom. The second kappa shape index (κ2) is 5.18. The van der Waals surface area contributed by atoms with E-state index in [1.807, 2.05) is 18.7 Å². The summed E-state index contributed by atoms with van der Waals surface area (Å²) in [5, 5.41) is 0. The predicted molar refractivity (Wildman–Crippen MR) is 77.2 cm³/mol. The Morgan fingerprint density at radius 2 is 1.52 bits per heavy atom. The molecule has 2 aliphatic carbocycles. The highest BCUT2D eigenvalue weighted by Gasteiger charge is 2.72. The molecule has 4 atom stereocenters. The Kier molecular flexibility index (Phi) is 3.75. The van der Waals surface area contributed by atoms with Crippen LogP contribution < -0.4 is 0 Å². The largest absolute Gasteiger partial charge is 0.334 e. The van der Waals surface area contributed by atoms with Gasteiger partial charge in [0.1, 0.15) is 0 Å². The van der Waals surface area contributed by atoms with Crippen molar-refractivity contribution in [1.29, 1.82) is 0 Å². The molecule has 0 radical (unpaired) electrons. The van der Waals surface area contributed by atoms with E-state index in [2.05, 4.69) is 11.9 Å². The van der Waals surface area contributed by atoms with Crippen LogP contribution in [0.4, 0.5) is 8.78 Å². The number of carbonyl (C=O) groups is 1. The van der Waals surface area contributed by atoms with Crippen molar-refractivity contribution in [2.45, 2.75) is 57.5 Å². The number of carbonyl (C=O) groups excluding carboxylic acids is 1. The van der Waals surface area contributed by atoms with Crippen LogP contribution in [0.2, 0.25) is 0 Å². The number of piperazine rings is 1. The van der Waals surface area contributed by atoms with Gasteiger partial charge in [0.15, 0.2) is 0 Å². The lowest BCUT2D eigenvalue weighted by molar-refractivity contribution is -0.141. The van der Waals surface area contributed by atoms with E-state index in [9.17, 15) is 13.6 Å². The maximum absolute atomic E-state index is 13.2. The van der Waals surface area contributed by atoms with Crippen LogP contribution in [0, 0.1) is 17.8 Å². The monoisotopic (exact) mass is 300 g/mol. The molecule has 0 spiro atoms. The van der Waals surface area contributed by atoms with E-state index in [0.29, 0.717) is 24.9 Å². The molecule has 4 fully saturated rings. The van der Waals surface area contributed by atoms with Crippen LogP contribution in [0.1, 0.15) is 39.5 Å². The Balaban J connectivity index is 0.000000636. The van der Waals surface area contributed by atoms with Crippen LogP contribution >= 0.6 is 0 Å². The summed E-state index contributed by atoms with van der Waals surface area (Å²) in [4.78, 5) is 16.9. The quantitative estimate of drug-likeness (QED) is 0.743. The third-order valence-electron chi connectivity index (χ3n) is 5.71. The van der Waals surface area contributed by atoms with Gasteiger partial charge in [-0.15, -0.1) is 0 Å². The first-order valence-electron chi connectivity index (χ1n) is 8.37. The fourth-order valence-electron chi connectivity index (χ4n) is 4.70. The lowest BCUT2D eigenvalue weighted by Gasteiger charge is -2.41. The van der Waals surface area contributed by atoms with Gasteiger partial charge in [-0.05, 0) is 32.7 Å². The maximum Gasteiger partial charge on any atom is 0.254 e. The fraction of sp³-hybridized carbons (Fsp3) is 0.938. The number of alkyl halides is 2. The predicted octanol–water partition coefficient (Wildman–Crippen LogP) is 2.61. The van der Waals surface area contributed by atoms with Gasteiger partial charge in [0.05, 0.1) is 0 Å². The standard InChI is InChI=1S/C14H20F2N2O.C2H6/c1-17-6-9-2-3-10(7-17)18(9)13(19)8-4-11-12(5-8)14(11,15)16;1-2/h8-12H,2-7H2,1H3;1-2H3. The van der Waals surface area contributed by atoms with Crippen molar-refractivity contribution in [2.75, 3.05) is 20.1 Å². The van der Waals surface area contributed by atoms with Crippen LogP contribution in [0.3, 0.4) is 0 Å². The number of likely N-dealkylation sites (tertiary alicyclic amines) is 1. The molecule has 3 nitrogen and oxygen atoms in total. The number of rotatable bonds is 1. The second-order valence-corrected chi connectivity index (χ2v) is 6.91. The summed E-state index contributed by atoms with van der Waals surface area (Å²) in [7, 11) is 2.10. The topological polar surface area (TPSA) is 23.6 Å². The summed E-state index contributed by atoms with van der Waals surface area (Å²) >= 11 is 0. The van der Waals surface area contributed by atoms with Crippen molar-refractivity contribution >= 4 is 5.91 Å². The molecule has 0 aromatic carbocycles. The molecular weight excluding hydrogens is 274 g/mol. The van der Waals surface area contributed by atoms with E-state index in [4.69, 9.17) is 0 Å². The Bertz CT molecular complexity index is 401. The van der Waals surface area contributed by atoms with Crippen LogP contribution in [0.15, 0.2) is 0 Å². The minimum absolute atomic E-state index is 0.124. The van der Waals surface area contributed by atoms with Crippen molar-refractivity contribution in [1.82, 2.24) is 9.80 Å². The lowest BCUT2D eigenvalue weighted by atomic mass is 9.99. The SMILES string of the molecule is CC.CN1CC2CCC(C1)N2C(=O)C1CC2C(C1)C2(F)F. The van der Waals surface area contributed by atoms with Gasteiger partial charge in [-0.1, -0.05) is 13.8 Å². The zero-order valence-electron chi connectivity index (χ0n) is 13.2. The number of hydrogen-bond donors (Lipinski definition) is 0. The van der Waals surface area contributed by atoms with Crippen molar-refractivity contribution in [3.05, 3.63) is 0 Å². The number of nitrogens with zero attached hydrogens (tertiary/aromatic N) is 2. The molecule has 21 heavy (non-hydrogen) atoms. The van der Waals surface area contributed by atoms with Gasteiger partial charge in [-0.3, -0.25) is 4.79 Å². The zero-order valence-corrected chi connectivity index (χ0v) is 13.2. The van der Waals surface area contributed by atoms with Gasteiger partial charge >= 0.3 is 0 Å². The number of amides is 1. The van der Waals surface area contributed by atoms with E-state index < -0.39 is 17.8 Å². The van der Waals surface area contributed by atoms with Crippen molar-refractivity contribution in [3.63, 3.8) is 0 Å². The van der Waals surface area contributed by atoms with Gasteiger partial charge in [-0.2, -0.15) is 0 Å². The van der Waals surface area contributed by atoms with Crippen molar-refractivity contribution < 1.29 is 13.6 Å². The lowest BCUT2D eigenvalue weighted by Crippen LogP contribution is -2.56. The molecule has 0 aromatic heterocycles. The summed E-state index contributed by atoms with van der Waals surface area (Å²) < 4.78 is 26.4. The van der Waals surface area contributed by atoms with Gasteiger partial charge < -0.3 is 9.80 Å². The van der Waals surface area contributed by atoms with E-state index in [0.717, 1.165) is 25.9 Å². The molecular formula is C16H26F2N2O. The highest BCUT2D eigenvalue weighted by atomic mass is 19.3. The van der Waals surface area contributed by atoms with Gasteiger partial charge in [0.2, 0.25) is 5.91 Å². The zero-order chi connectivity index (χ0) is 15.4. The summed E-state index contributed by atoms with van der Waals surface area (Å²) in [6.07, 6.45) is 3.00. The fourth-order valence-corrected chi connectivity index (χ4v) is 4.70. The Morgan fingerprint density at radius 3 is 2.00 bits per heavy atom. The second-order valence-electron chi connectivity index (χ2n) is 6.91. The van der Waals surface area contributed by atoms with E-state index >= 15 is 0 Å². The molecule has 2 heterocycles. The van der Waals surface area contributed by atoms with E-state index in [-0.39, 0.29) is 11.8 Å². The first-order chi connectivity index (χ1) is 9.98. The first kappa shape index (κ1) is 15.2. The summed E-state index contributed by atoms with van der Waals surface area (Å²) in [5.41, 5.74) is 0. The number of hydrogen-bond acceptors (Lipinski definition) is 2. The van der Waals surface area contributed by atoms with E-state index in [1.54, 1.807) is 0 Å². The Hall–Kier alpha value is -0.710. The molecule has 4 unspecified atom stereocenters. The molecule has 2 saturated carbocycles. The first-order valence-corrected chi connectivity index (χ1v) is 8.37.